The summed E-state index contributed by atoms with van der Waals surface area (Å²) in [6.07, 6.45) is 0. The maximum atomic E-state index is 8.93. The van der Waals surface area contributed by atoms with Crippen LogP contribution in [0.2, 0.25) is 5.02 Å². The molecule has 2 N–H and O–H groups in total. The first-order valence-electron chi connectivity index (χ1n) is 4.92. The summed E-state index contributed by atoms with van der Waals surface area (Å²) < 4.78 is 0. The molecule has 0 saturated carbocycles. The second-order valence-electron chi connectivity index (χ2n) is 4.03. The molecule has 0 aliphatic carbocycles. The average molecular weight is 225 g/mol. The van der Waals surface area contributed by atoms with Gasteiger partial charge in [0, 0.05) is 16.3 Å². The van der Waals surface area contributed by atoms with Crippen molar-refractivity contribution in [2.45, 2.75) is 19.8 Å². The summed E-state index contributed by atoms with van der Waals surface area (Å²) in [6, 6.07) is 5.68. The molecule has 3 nitrogen and oxygen atoms in total. The van der Waals surface area contributed by atoms with Crippen LogP contribution < -0.4 is 5.32 Å². The van der Waals surface area contributed by atoms with Gasteiger partial charge in [-0.3, -0.25) is 0 Å². The van der Waals surface area contributed by atoms with E-state index in [0.29, 0.717) is 11.8 Å². The van der Waals surface area contributed by atoms with Crippen molar-refractivity contribution in [2.75, 3.05) is 5.32 Å². The fourth-order valence-electron chi connectivity index (χ4n) is 2.05. The van der Waals surface area contributed by atoms with Gasteiger partial charge in [0.15, 0.2) is 5.84 Å². The molecule has 0 radical (unpaired) electrons. The zero-order valence-electron chi connectivity index (χ0n) is 8.66. The molecule has 0 spiro atoms. The normalized spacial score (nSPS) is 21.9. The third-order valence-electron chi connectivity index (χ3n) is 2.70. The number of rotatable bonds is 1. The summed E-state index contributed by atoms with van der Waals surface area (Å²) in [7, 11) is 0. The number of nitrogens with one attached hydrogen (secondary N) is 1. The van der Waals surface area contributed by atoms with Gasteiger partial charge in [0.05, 0.1) is 5.92 Å². The monoisotopic (exact) mass is 224 g/mol. The van der Waals surface area contributed by atoms with E-state index in [1.165, 1.54) is 0 Å². The minimum atomic E-state index is 0.0544. The zero-order valence-corrected chi connectivity index (χ0v) is 9.42. The van der Waals surface area contributed by atoms with E-state index in [1.807, 2.05) is 18.2 Å². The van der Waals surface area contributed by atoms with Crippen LogP contribution in [0.25, 0.3) is 0 Å². The van der Waals surface area contributed by atoms with Crippen molar-refractivity contribution in [1.82, 2.24) is 0 Å². The smallest absolute Gasteiger partial charge is 0.154 e. The van der Waals surface area contributed by atoms with Gasteiger partial charge in [-0.2, -0.15) is 0 Å². The Kier molecular flexibility index (Phi) is 2.57. The van der Waals surface area contributed by atoms with Gasteiger partial charge >= 0.3 is 0 Å². The molecule has 1 heterocycles. The van der Waals surface area contributed by atoms with Crippen molar-refractivity contribution in [3.63, 3.8) is 0 Å². The predicted octanol–water partition coefficient (Wildman–Crippen LogP) is 3.29. The quantitative estimate of drug-likeness (QED) is 0.568. The number of nitrogens with zero attached hydrogens (tertiary/aromatic N) is 1. The lowest BCUT2D eigenvalue weighted by atomic mass is 9.89. The van der Waals surface area contributed by atoms with Gasteiger partial charge < -0.3 is 10.5 Å². The van der Waals surface area contributed by atoms with E-state index in [-0.39, 0.29) is 5.92 Å². The van der Waals surface area contributed by atoms with Crippen LogP contribution >= 0.6 is 11.6 Å². The lowest BCUT2D eigenvalue weighted by Crippen LogP contribution is -2.17. The summed E-state index contributed by atoms with van der Waals surface area (Å²) in [5.41, 5.74) is 1.97. The van der Waals surface area contributed by atoms with E-state index >= 15 is 0 Å². The summed E-state index contributed by atoms with van der Waals surface area (Å²) in [5, 5.41) is 16.0. The van der Waals surface area contributed by atoms with Gasteiger partial charge in [0.2, 0.25) is 0 Å². The van der Waals surface area contributed by atoms with Crippen LogP contribution in [0, 0.1) is 5.92 Å². The first kappa shape index (κ1) is 10.3. The largest absolute Gasteiger partial charge is 0.409 e. The predicted molar refractivity (Wildman–Crippen MR) is 61.9 cm³/mol. The minimum Gasteiger partial charge on any atom is -0.409 e. The fraction of sp³-hybridized carbons (Fsp3) is 0.364. The molecule has 4 heteroatoms. The molecule has 1 aromatic carbocycles. The Morgan fingerprint density at radius 2 is 2.20 bits per heavy atom. The fourth-order valence-corrected chi connectivity index (χ4v) is 2.34. The van der Waals surface area contributed by atoms with Gasteiger partial charge in [-0.25, -0.2) is 0 Å². The minimum absolute atomic E-state index is 0.0544. The molecular formula is C11H13ClN2O. The highest BCUT2D eigenvalue weighted by Gasteiger charge is 2.33. The number of anilines is 1. The van der Waals surface area contributed by atoms with Crippen LogP contribution in [0.3, 0.4) is 0 Å². The highest BCUT2D eigenvalue weighted by atomic mass is 35.5. The molecule has 0 aromatic heterocycles. The summed E-state index contributed by atoms with van der Waals surface area (Å²) in [5.74, 6) is 0.969. The van der Waals surface area contributed by atoms with Crippen LogP contribution in [-0.4, -0.2) is 11.0 Å². The average Bonchev–Trinajstić information content (AvgIpc) is 2.57. The lowest BCUT2D eigenvalue weighted by Gasteiger charge is -2.15. The Labute approximate surface area is 93.7 Å². The highest BCUT2D eigenvalue weighted by molar-refractivity contribution is 6.33. The number of oxime groups is 1. The highest BCUT2D eigenvalue weighted by Crippen LogP contribution is 2.41. The molecule has 1 aliphatic heterocycles. The number of halogens is 1. The molecular weight excluding hydrogens is 212 g/mol. The lowest BCUT2D eigenvalue weighted by molar-refractivity contribution is 0.315. The number of fused-ring (bicyclic) bond motifs is 1. The van der Waals surface area contributed by atoms with Crippen LogP contribution in [0.4, 0.5) is 5.69 Å². The Bertz CT molecular complexity index is 415. The van der Waals surface area contributed by atoms with E-state index < -0.39 is 0 Å². The SMILES string of the molecule is CC(C)C1C(=NO)Nc2cccc(Cl)c21. The van der Waals surface area contributed by atoms with Crippen LogP contribution in [-0.2, 0) is 0 Å². The standard InChI is InChI=1S/C11H13ClN2O/c1-6(2)9-10-7(12)4-3-5-8(10)13-11(9)14-15/h3-6,9,15H,1-2H3,(H,13,14). The van der Waals surface area contributed by atoms with Gasteiger partial charge in [0.1, 0.15) is 0 Å². The molecule has 0 amide bonds. The zero-order chi connectivity index (χ0) is 11.0. The van der Waals surface area contributed by atoms with Crippen molar-refractivity contribution in [1.29, 1.82) is 0 Å². The first-order valence-corrected chi connectivity index (χ1v) is 5.30. The van der Waals surface area contributed by atoms with E-state index in [0.717, 1.165) is 16.3 Å². The van der Waals surface area contributed by atoms with Gasteiger partial charge in [-0.05, 0) is 18.1 Å². The van der Waals surface area contributed by atoms with Crippen LogP contribution in [0.1, 0.15) is 25.3 Å². The maximum absolute atomic E-state index is 8.93. The van der Waals surface area contributed by atoms with Gasteiger partial charge in [-0.15, -0.1) is 0 Å². The van der Waals surface area contributed by atoms with E-state index in [4.69, 9.17) is 16.8 Å². The molecule has 15 heavy (non-hydrogen) atoms. The molecule has 1 unspecified atom stereocenters. The Balaban J connectivity index is 2.56. The number of hydrogen-bond donors (Lipinski definition) is 2. The van der Waals surface area contributed by atoms with Crippen molar-refractivity contribution in [3.8, 4) is 0 Å². The second-order valence-corrected chi connectivity index (χ2v) is 4.44. The third kappa shape index (κ3) is 1.57. The molecule has 80 valence electrons. The van der Waals surface area contributed by atoms with Crippen LogP contribution in [0.15, 0.2) is 23.4 Å². The first-order chi connectivity index (χ1) is 7.15. The maximum Gasteiger partial charge on any atom is 0.154 e. The van der Waals surface area contributed by atoms with Gasteiger partial charge in [0.25, 0.3) is 0 Å². The summed E-state index contributed by atoms with van der Waals surface area (Å²) in [6.45, 7) is 4.16. The van der Waals surface area contributed by atoms with Crippen molar-refractivity contribution in [2.24, 2.45) is 11.1 Å². The topological polar surface area (TPSA) is 44.6 Å². The Morgan fingerprint density at radius 1 is 1.47 bits per heavy atom. The van der Waals surface area contributed by atoms with Crippen LogP contribution in [0.5, 0.6) is 0 Å². The molecule has 0 fully saturated rings. The number of amidine groups is 1. The molecule has 1 atom stereocenters. The Morgan fingerprint density at radius 3 is 2.80 bits per heavy atom. The Hall–Kier alpha value is -1.22. The summed E-state index contributed by atoms with van der Waals surface area (Å²) in [4.78, 5) is 0. The van der Waals surface area contributed by atoms with E-state index in [9.17, 15) is 0 Å². The van der Waals surface area contributed by atoms with E-state index in [1.54, 1.807) is 0 Å². The molecule has 0 bridgehead atoms. The number of benzene rings is 1. The molecule has 0 saturated heterocycles. The second kappa shape index (κ2) is 3.74. The van der Waals surface area contributed by atoms with Crippen molar-refractivity contribution in [3.05, 3.63) is 28.8 Å². The van der Waals surface area contributed by atoms with Crippen molar-refractivity contribution >= 4 is 23.1 Å². The molecule has 1 aromatic rings. The number of hydrogen-bond acceptors (Lipinski definition) is 2. The van der Waals surface area contributed by atoms with Crippen molar-refractivity contribution < 1.29 is 5.21 Å². The molecule has 1 aliphatic rings. The van der Waals surface area contributed by atoms with Gasteiger partial charge in [-0.1, -0.05) is 36.7 Å². The third-order valence-corrected chi connectivity index (χ3v) is 3.03. The summed E-state index contributed by atoms with van der Waals surface area (Å²) >= 11 is 6.15. The molecule has 2 rings (SSSR count). The van der Waals surface area contributed by atoms with E-state index in [2.05, 4.69) is 24.3 Å².